The second-order valence-electron chi connectivity index (χ2n) is 6.52. The van der Waals surface area contributed by atoms with Gasteiger partial charge >= 0.3 is 5.97 Å². The van der Waals surface area contributed by atoms with Crippen LogP contribution in [-0.2, 0) is 11.3 Å². The van der Waals surface area contributed by atoms with E-state index in [-0.39, 0.29) is 17.1 Å². The highest BCUT2D eigenvalue weighted by atomic mass is 19.1. The first-order chi connectivity index (χ1) is 14.4. The minimum Gasteiger partial charge on any atom is -0.480 e. The monoisotopic (exact) mass is 419 g/mol. The SMILES string of the molecule is O=C(O)Cn1nnc(-c2cc(N3CCN(C(=O)c4cc(F)cc(F)c4)CC3)no2)n1. The third-order valence-electron chi connectivity index (χ3n) is 4.45. The quantitative estimate of drug-likeness (QED) is 0.633. The molecule has 1 aliphatic heterocycles. The standard InChI is InChI=1S/C17H15F2N7O4/c18-11-5-10(6-12(19)7-11)17(29)25-3-1-24(2-4-25)14-8-13(30-22-14)16-20-23-26(21-16)9-15(27)28/h5-8H,1-4,9H2,(H,27,28). The molecule has 1 amide bonds. The number of halogens is 2. The van der Waals surface area contributed by atoms with Gasteiger partial charge in [-0.25, -0.2) is 8.78 Å². The van der Waals surface area contributed by atoms with Gasteiger partial charge in [0.25, 0.3) is 5.91 Å². The van der Waals surface area contributed by atoms with Gasteiger partial charge in [0.05, 0.1) is 0 Å². The summed E-state index contributed by atoms with van der Waals surface area (Å²) in [5.74, 6) is -2.36. The number of hydrogen-bond acceptors (Lipinski definition) is 8. The Bertz CT molecular complexity index is 1070. The van der Waals surface area contributed by atoms with Crippen molar-refractivity contribution < 1.29 is 28.0 Å². The largest absolute Gasteiger partial charge is 0.480 e. The molecule has 1 N–H and O–H groups in total. The molecule has 11 nitrogen and oxygen atoms in total. The Kier molecular flexibility index (Phi) is 5.08. The first-order valence-corrected chi connectivity index (χ1v) is 8.86. The number of aliphatic carboxylic acids is 1. The van der Waals surface area contributed by atoms with Gasteiger partial charge in [-0.05, 0) is 17.3 Å². The van der Waals surface area contributed by atoms with Crippen molar-refractivity contribution in [2.45, 2.75) is 6.54 Å². The third kappa shape index (κ3) is 4.09. The van der Waals surface area contributed by atoms with E-state index in [1.807, 2.05) is 4.90 Å². The zero-order chi connectivity index (χ0) is 21.3. The molecule has 3 heterocycles. The van der Waals surface area contributed by atoms with Crippen LogP contribution in [0.4, 0.5) is 14.6 Å². The number of tetrazole rings is 1. The lowest BCUT2D eigenvalue weighted by molar-refractivity contribution is -0.138. The molecule has 1 fully saturated rings. The molecule has 30 heavy (non-hydrogen) atoms. The van der Waals surface area contributed by atoms with E-state index in [1.165, 1.54) is 4.90 Å². The second kappa shape index (κ2) is 7.85. The van der Waals surface area contributed by atoms with Gasteiger partial charge in [0.2, 0.25) is 11.6 Å². The van der Waals surface area contributed by atoms with Crippen LogP contribution in [0, 0.1) is 11.6 Å². The average Bonchev–Trinajstić information content (AvgIpc) is 3.36. The molecule has 156 valence electrons. The molecule has 0 spiro atoms. The van der Waals surface area contributed by atoms with Crippen molar-refractivity contribution >= 4 is 17.7 Å². The van der Waals surface area contributed by atoms with Crippen LogP contribution in [0.25, 0.3) is 11.6 Å². The number of carboxylic acid groups (broad SMARTS) is 1. The van der Waals surface area contributed by atoms with Crippen molar-refractivity contribution in [3.63, 3.8) is 0 Å². The summed E-state index contributed by atoms with van der Waals surface area (Å²) >= 11 is 0. The molecule has 0 atom stereocenters. The molecule has 0 bridgehead atoms. The van der Waals surface area contributed by atoms with Crippen molar-refractivity contribution in [3.8, 4) is 11.6 Å². The molecule has 0 saturated carbocycles. The maximum absolute atomic E-state index is 13.4. The van der Waals surface area contributed by atoms with Gasteiger partial charge in [-0.2, -0.15) is 4.80 Å². The van der Waals surface area contributed by atoms with Gasteiger partial charge in [-0.1, -0.05) is 5.16 Å². The van der Waals surface area contributed by atoms with E-state index >= 15 is 0 Å². The maximum atomic E-state index is 13.4. The number of carboxylic acids is 1. The first-order valence-electron chi connectivity index (χ1n) is 8.86. The molecule has 3 aromatic rings. The number of rotatable bonds is 5. The Labute approximate surface area is 167 Å². The molecule has 1 aliphatic rings. The number of anilines is 1. The van der Waals surface area contributed by atoms with E-state index in [0.717, 1.165) is 16.9 Å². The van der Waals surface area contributed by atoms with E-state index in [0.29, 0.717) is 38.1 Å². The second-order valence-corrected chi connectivity index (χ2v) is 6.52. The topological polar surface area (TPSA) is 130 Å². The van der Waals surface area contributed by atoms with Crippen molar-refractivity contribution in [1.82, 2.24) is 30.3 Å². The van der Waals surface area contributed by atoms with Crippen LogP contribution >= 0.6 is 0 Å². The van der Waals surface area contributed by atoms with Gasteiger partial charge < -0.3 is 19.4 Å². The average molecular weight is 419 g/mol. The zero-order valence-corrected chi connectivity index (χ0v) is 15.4. The predicted molar refractivity (Wildman–Crippen MR) is 95.4 cm³/mol. The third-order valence-corrected chi connectivity index (χ3v) is 4.45. The van der Waals surface area contributed by atoms with Gasteiger partial charge in [0.1, 0.15) is 11.6 Å². The minimum absolute atomic E-state index is 0.0415. The molecule has 0 unspecified atom stereocenters. The van der Waals surface area contributed by atoms with Crippen LogP contribution in [-0.4, -0.2) is 73.4 Å². The van der Waals surface area contributed by atoms with Gasteiger partial charge in [-0.3, -0.25) is 9.59 Å². The number of aromatic nitrogens is 5. The molecule has 0 aliphatic carbocycles. The Morgan fingerprint density at radius 3 is 2.43 bits per heavy atom. The number of piperazine rings is 1. The van der Waals surface area contributed by atoms with Crippen LogP contribution in [0.1, 0.15) is 10.4 Å². The highest BCUT2D eigenvalue weighted by Gasteiger charge is 2.25. The molecule has 2 aromatic heterocycles. The van der Waals surface area contributed by atoms with Crippen molar-refractivity contribution in [1.29, 1.82) is 0 Å². The van der Waals surface area contributed by atoms with E-state index in [9.17, 15) is 18.4 Å². The van der Waals surface area contributed by atoms with Crippen LogP contribution < -0.4 is 4.90 Å². The lowest BCUT2D eigenvalue weighted by Crippen LogP contribution is -2.49. The number of amides is 1. The van der Waals surface area contributed by atoms with Crippen molar-refractivity contribution in [3.05, 3.63) is 41.5 Å². The molecule has 1 saturated heterocycles. The summed E-state index contributed by atoms with van der Waals surface area (Å²) in [4.78, 5) is 27.5. The normalized spacial score (nSPS) is 14.2. The molecular weight excluding hydrogens is 404 g/mol. The highest BCUT2D eigenvalue weighted by Crippen LogP contribution is 2.22. The lowest BCUT2D eigenvalue weighted by Gasteiger charge is -2.34. The molecular formula is C17H15F2N7O4. The summed E-state index contributed by atoms with van der Waals surface area (Å²) in [6.45, 7) is 1.07. The van der Waals surface area contributed by atoms with E-state index in [1.54, 1.807) is 6.07 Å². The van der Waals surface area contributed by atoms with Crippen LogP contribution in [0.5, 0.6) is 0 Å². The number of carbonyl (C=O) groups is 2. The molecule has 4 rings (SSSR count). The van der Waals surface area contributed by atoms with Gasteiger partial charge in [-0.15, -0.1) is 10.2 Å². The number of benzene rings is 1. The summed E-state index contributed by atoms with van der Waals surface area (Å²) in [7, 11) is 0. The van der Waals surface area contributed by atoms with E-state index in [2.05, 4.69) is 20.6 Å². The molecule has 13 heteroatoms. The van der Waals surface area contributed by atoms with Gasteiger partial charge in [0.15, 0.2) is 12.4 Å². The van der Waals surface area contributed by atoms with E-state index < -0.39 is 30.1 Å². The van der Waals surface area contributed by atoms with Crippen LogP contribution in [0.15, 0.2) is 28.8 Å². The maximum Gasteiger partial charge on any atom is 0.327 e. The molecule has 1 aromatic carbocycles. The fourth-order valence-electron chi connectivity index (χ4n) is 3.05. The molecule has 0 radical (unpaired) electrons. The Hall–Kier alpha value is -3.90. The van der Waals surface area contributed by atoms with Gasteiger partial charge in [0, 0.05) is 43.9 Å². The summed E-state index contributed by atoms with van der Waals surface area (Å²) < 4.78 is 31.9. The van der Waals surface area contributed by atoms with Crippen molar-refractivity contribution in [2.24, 2.45) is 0 Å². The van der Waals surface area contributed by atoms with Crippen LogP contribution in [0.3, 0.4) is 0 Å². The smallest absolute Gasteiger partial charge is 0.327 e. The minimum atomic E-state index is -1.11. The zero-order valence-electron chi connectivity index (χ0n) is 15.4. The fraction of sp³-hybridized carbons (Fsp3) is 0.294. The summed E-state index contributed by atoms with van der Waals surface area (Å²) in [5, 5.41) is 24.0. The Morgan fingerprint density at radius 1 is 1.07 bits per heavy atom. The fourth-order valence-corrected chi connectivity index (χ4v) is 3.05. The summed E-state index contributed by atoms with van der Waals surface area (Å²) in [5.41, 5.74) is -0.0415. The van der Waals surface area contributed by atoms with E-state index in [4.69, 9.17) is 9.63 Å². The summed E-state index contributed by atoms with van der Waals surface area (Å²) in [6, 6.07) is 4.31. The number of hydrogen-bond donors (Lipinski definition) is 1. The van der Waals surface area contributed by atoms with Crippen LogP contribution in [0.2, 0.25) is 0 Å². The number of nitrogens with zero attached hydrogens (tertiary/aromatic N) is 7. The Morgan fingerprint density at radius 2 is 1.77 bits per heavy atom. The first kappa shape index (κ1) is 19.4. The number of carbonyl (C=O) groups excluding carboxylic acids is 1. The summed E-state index contributed by atoms with van der Waals surface area (Å²) in [6.07, 6.45) is 0. The Balaban J connectivity index is 1.39. The highest BCUT2D eigenvalue weighted by molar-refractivity contribution is 5.94. The lowest BCUT2D eigenvalue weighted by atomic mass is 10.1. The predicted octanol–water partition coefficient (Wildman–Crippen LogP) is 0.653. The van der Waals surface area contributed by atoms with Crippen molar-refractivity contribution in [2.75, 3.05) is 31.1 Å².